The number of rotatable bonds is 2. The molecule has 20 heavy (non-hydrogen) atoms. The predicted octanol–water partition coefficient (Wildman–Crippen LogP) is 2.90. The summed E-state index contributed by atoms with van der Waals surface area (Å²) in [5.41, 5.74) is 7.35. The van der Waals surface area contributed by atoms with Crippen LogP contribution < -0.4 is 11.1 Å². The predicted molar refractivity (Wildman–Crippen MR) is 81.8 cm³/mol. The minimum Gasteiger partial charge on any atom is -0.322 e. The van der Waals surface area contributed by atoms with Gasteiger partial charge >= 0.3 is 0 Å². The summed E-state index contributed by atoms with van der Waals surface area (Å²) in [6.07, 6.45) is 0. The molecule has 0 saturated heterocycles. The normalized spacial score (nSPS) is 9.50. The van der Waals surface area contributed by atoms with Crippen molar-refractivity contribution in [1.82, 2.24) is 0 Å². The van der Waals surface area contributed by atoms with Gasteiger partial charge < -0.3 is 11.1 Å². The van der Waals surface area contributed by atoms with Crippen LogP contribution in [0.15, 0.2) is 48.5 Å². The van der Waals surface area contributed by atoms with Crippen LogP contribution >= 0.6 is 11.6 Å². The van der Waals surface area contributed by atoms with Crippen LogP contribution in [0.1, 0.15) is 15.9 Å². The molecule has 2 rings (SSSR count). The molecule has 2 aromatic rings. The van der Waals surface area contributed by atoms with Gasteiger partial charge in [-0.15, -0.1) is 0 Å². The molecule has 0 radical (unpaired) electrons. The van der Waals surface area contributed by atoms with Gasteiger partial charge in [0.2, 0.25) is 0 Å². The molecular weight excluding hydrogens is 272 g/mol. The molecule has 0 saturated carbocycles. The molecule has 1 amide bonds. The van der Waals surface area contributed by atoms with Crippen LogP contribution in [0.4, 0.5) is 5.69 Å². The van der Waals surface area contributed by atoms with Gasteiger partial charge in [-0.1, -0.05) is 29.5 Å². The summed E-state index contributed by atoms with van der Waals surface area (Å²) in [6, 6.07) is 14.0. The third-order valence-electron chi connectivity index (χ3n) is 2.56. The molecule has 0 aromatic heterocycles. The molecule has 100 valence electrons. The third kappa shape index (κ3) is 3.86. The number of nitrogens with two attached hydrogens (primary N) is 1. The van der Waals surface area contributed by atoms with Crippen LogP contribution in [-0.2, 0) is 0 Å². The molecular formula is C16H13ClN2O. The van der Waals surface area contributed by atoms with Crippen molar-refractivity contribution in [3.8, 4) is 11.8 Å². The molecule has 0 aliphatic heterocycles. The number of carbonyl (C=O) groups is 1. The van der Waals surface area contributed by atoms with E-state index in [4.69, 9.17) is 17.3 Å². The second kappa shape index (κ2) is 6.76. The Labute approximate surface area is 122 Å². The molecule has 0 atom stereocenters. The lowest BCUT2D eigenvalue weighted by Gasteiger charge is -2.05. The number of halogens is 1. The van der Waals surface area contributed by atoms with Gasteiger partial charge in [0.1, 0.15) is 0 Å². The Balaban J connectivity index is 2.09. The summed E-state index contributed by atoms with van der Waals surface area (Å²) in [4.78, 5) is 12.0. The summed E-state index contributed by atoms with van der Waals surface area (Å²) in [5.74, 6) is 5.48. The zero-order chi connectivity index (χ0) is 14.4. The molecule has 3 N–H and O–H groups in total. The van der Waals surface area contributed by atoms with Crippen LogP contribution in [0.5, 0.6) is 0 Å². The molecule has 0 heterocycles. The average Bonchev–Trinajstić information content (AvgIpc) is 2.45. The third-order valence-corrected chi connectivity index (χ3v) is 2.80. The summed E-state index contributed by atoms with van der Waals surface area (Å²) < 4.78 is 0. The van der Waals surface area contributed by atoms with E-state index in [-0.39, 0.29) is 5.91 Å². The highest BCUT2D eigenvalue weighted by Crippen LogP contribution is 2.16. The lowest BCUT2D eigenvalue weighted by atomic mass is 10.1. The van der Waals surface area contributed by atoms with Crippen molar-refractivity contribution >= 4 is 23.2 Å². The summed E-state index contributed by atoms with van der Waals surface area (Å²) in [6.45, 7) is 0.316. The number of carbonyl (C=O) groups excluding carboxylic acids is 1. The van der Waals surface area contributed by atoms with Gasteiger partial charge in [0.05, 0.1) is 6.54 Å². The molecule has 0 aliphatic rings. The van der Waals surface area contributed by atoms with Crippen LogP contribution in [-0.4, -0.2) is 12.5 Å². The van der Waals surface area contributed by atoms with Crippen molar-refractivity contribution in [1.29, 1.82) is 0 Å². The van der Waals surface area contributed by atoms with Crippen molar-refractivity contribution in [2.45, 2.75) is 0 Å². The molecule has 0 fully saturated rings. The average molecular weight is 285 g/mol. The Kier molecular flexibility index (Phi) is 4.78. The smallest absolute Gasteiger partial charge is 0.255 e. The Morgan fingerprint density at radius 3 is 2.60 bits per heavy atom. The molecule has 3 nitrogen and oxygen atoms in total. The van der Waals surface area contributed by atoms with Gasteiger partial charge in [-0.3, -0.25) is 4.79 Å². The van der Waals surface area contributed by atoms with E-state index in [0.29, 0.717) is 22.8 Å². The first kappa shape index (κ1) is 14.1. The van der Waals surface area contributed by atoms with Gasteiger partial charge in [-0.25, -0.2) is 0 Å². The first-order chi connectivity index (χ1) is 9.69. The van der Waals surface area contributed by atoms with Crippen molar-refractivity contribution in [3.63, 3.8) is 0 Å². The fraction of sp³-hybridized carbons (Fsp3) is 0.0625. The van der Waals surface area contributed by atoms with E-state index >= 15 is 0 Å². The number of amides is 1. The molecule has 0 spiro atoms. The highest BCUT2D eigenvalue weighted by Gasteiger charge is 2.05. The van der Waals surface area contributed by atoms with Crippen molar-refractivity contribution in [2.24, 2.45) is 5.73 Å². The second-order valence-electron chi connectivity index (χ2n) is 4.05. The SMILES string of the molecule is NCC#Cc1ccc(C(=O)Nc2cccc(Cl)c2)cc1. The molecule has 0 aliphatic carbocycles. The number of anilines is 1. The maximum Gasteiger partial charge on any atom is 0.255 e. The van der Waals surface area contributed by atoms with E-state index in [9.17, 15) is 4.79 Å². The van der Waals surface area contributed by atoms with Crippen LogP contribution in [0.3, 0.4) is 0 Å². The maximum absolute atomic E-state index is 12.0. The van der Waals surface area contributed by atoms with E-state index in [0.717, 1.165) is 5.56 Å². The van der Waals surface area contributed by atoms with E-state index in [2.05, 4.69) is 17.2 Å². The first-order valence-corrected chi connectivity index (χ1v) is 6.43. The van der Waals surface area contributed by atoms with E-state index in [1.165, 1.54) is 0 Å². The molecule has 2 aromatic carbocycles. The van der Waals surface area contributed by atoms with Gasteiger partial charge in [0, 0.05) is 21.8 Å². The highest BCUT2D eigenvalue weighted by molar-refractivity contribution is 6.30. The summed E-state index contributed by atoms with van der Waals surface area (Å²) in [7, 11) is 0. The number of benzene rings is 2. The van der Waals surface area contributed by atoms with Crippen molar-refractivity contribution in [2.75, 3.05) is 11.9 Å². The Morgan fingerprint density at radius 2 is 1.95 bits per heavy atom. The molecule has 4 heteroatoms. The van der Waals surface area contributed by atoms with Crippen molar-refractivity contribution in [3.05, 3.63) is 64.7 Å². The fourth-order valence-corrected chi connectivity index (χ4v) is 1.82. The standard InChI is InChI=1S/C16H13ClN2O/c17-14-4-1-5-15(11-14)19-16(20)13-8-6-12(7-9-13)3-2-10-18/h1,4-9,11H,10,18H2,(H,19,20). The topological polar surface area (TPSA) is 55.1 Å². The fourth-order valence-electron chi connectivity index (χ4n) is 1.63. The number of hydrogen-bond acceptors (Lipinski definition) is 2. The summed E-state index contributed by atoms with van der Waals surface area (Å²) in [5, 5.41) is 3.36. The number of hydrogen-bond donors (Lipinski definition) is 2. The van der Waals surface area contributed by atoms with Crippen molar-refractivity contribution < 1.29 is 4.79 Å². The largest absolute Gasteiger partial charge is 0.322 e. The highest BCUT2D eigenvalue weighted by atomic mass is 35.5. The summed E-state index contributed by atoms with van der Waals surface area (Å²) >= 11 is 5.87. The Bertz CT molecular complexity index is 669. The van der Waals surface area contributed by atoms with Gasteiger partial charge in [0.15, 0.2) is 0 Å². The van der Waals surface area contributed by atoms with Crippen LogP contribution in [0.2, 0.25) is 5.02 Å². The zero-order valence-electron chi connectivity index (χ0n) is 10.7. The lowest BCUT2D eigenvalue weighted by molar-refractivity contribution is 0.102. The first-order valence-electron chi connectivity index (χ1n) is 6.05. The molecule has 0 unspecified atom stereocenters. The van der Waals surface area contributed by atoms with E-state index in [1.807, 2.05) is 0 Å². The van der Waals surface area contributed by atoms with Gasteiger partial charge in [-0.05, 0) is 42.5 Å². The Hall–Kier alpha value is -2.28. The van der Waals surface area contributed by atoms with Gasteiger partial charge in [-0.2, -0.15) is 0 Å². The maximum atomic E-state index is 12.0. The molecule has 0 bridgehead atoms. The zero-order valence-corrected chi connectivity index (χ0v) is 11.4. The monoisotopic (exact) mass is 284 g/mol. The number of nitrogens with one attached hydrogen (secondary N) is 1. The second-order valence-corrected chi connectivity index (χ2v) is 4.48. The van der Waals surface area contributed by atoms with Crippen LogP contribution in [0.25, 0.3) is 0 Å². The minimum atomic E-state index is -0.189. The Morgan fingerprint density at radius 1 is 1.20 bits per heavy atom. The van der Waals surface area contributed by atoms with Gasteiger partial charge in [0.25, 0.3) is 5.91 Å². The minimum absolute atomic E-state index is 0.189. The van der Waals surface area contributed by atoms with Crippen LogP contribution in [0, 0.1) is 11.8 Å². The van der Waals surface area contributed by atoms with E-state index < -0.39 is 0 Å². The lowest BCUT2D eigenvalue weighted by Crippen LogP contribution is -2.11. The quantitative estimate of drug-likeness (QED) is 0.833. The van der Waals surface area contributed by atoms with E-state index in [1.54, 1.807) is 48.5 Å².